The number of aromatic carboxylic acids is 1. The molecular weight excluding hydrogens is 524 g/mol. The van der Waals surface area contributed by atoms with Crippen molar-refractivity contribution in [2.24, 2.45) is 0 Å². The van der Waals surface area contributed by atoms with E-state index in [9.17, 15) is 9.59 Å². The molecule has 1 aromatic heterocycles. The zero-order valence-electron chi connectivity index (χ0n) is 21.8. The number of benzene rings is 2. The molecule has 2 aromatic carbocycles. The summed E-state index contributed by atoms with van der Waals surface area (Å²) in [5.41, 5.74) is 2.95. The number of aromatic nitrogens is 1. The molecule has 39 heavy (non-hydrogen) atoms. The maximum Gasteiger partial charge on any atom is 0.354 e. The van der Waals surface area contributed by atoms with Crippen molar-refractivity contribution in [1.29, 1.82) is 0 Å². The molecule has 11 heteroatoms. The number of carbonyl (C=O) groups excluding carboxylic acids is 1. The van der Waals surface area contributed by atoms with Gasteiger partial charge in [-0.05, 0) is 48.7 Å². The number of nitrogens with zero attached hydrogens (tertiary/aromatic N) is 2. The van der Waals surface area contributed by atoms with E-state index in [2.05, 4.69) is 20.5 Å². The van der Waals surface area contributed by atoms with E-state index in [0.717, 1.165) is 49.5 Å². The minimum Gasteiger partial charge on any atom is -0.490 e. The smallest absolute Gasteiger partial charge is 0.354 e. The van der Waals surface area contributed by atoms with Crippen molar-refractivity contribution in [2.45, 2.75) is 20.4 Å². The quantitative estimate of drug-likeness (QED) is 0.324. The summed E-state index contributed by atoms with van der Waals surface area (Å²) < 4.78 is 17.2. The number of carbonyl (C=O) groups is 2. The number of amides is 2. The maximum atomic E-state index is 12.7. The van der Waals surface area contributed by atoms with Crippen LogP contribution in [0.3, 0.4) is 0 Å². The van der Waals surface area contributed by atoms with Gasteiger partial charge in [-0.1, -0.05) is 23.7 Å². The van der Waals surface area contributed by atoms with E-state index < -0.39 is 5.97 Å². The molecule has 10 nitrogen and oxygen atoms in total. The standard InChI is InChI=1S/C28H31ClN4O6/c1-18-14-23(26(16-22(18)29)38-12-9-33-7-10-37-11-8-33)32-28(36)31-17-20-3-4-25(19(2)13-20)39-21-5-6-30-24(15-21)27(34)35/h3-6,13-16H,7-12,17H2,1-2H3,(H,34,35)(H2,31,32,36). The molecule has 0 unspecified atom stereocenters. The third kappa shape index (κ3) is 8.06. The number of rotatable bonds is 10. The summed E-state index contributed by atoms with van der Waals surface area (Å²) in [6.45, 7) is 8.40. The van der Waals surface area contributed by atoms with Crippen LogP contribution in [0.1, 0.15) is 27.2 Å². The Bertz CT molecular complexity index is 1330. The number of carboxylic acid groups (broad SMARTS) is 1. The predicted molar refractivity (Wildman–Crippen MR) is 147 cm³/mol. The highest BCUT2D eigenvalue weighted by Gasteiger charge is 2.14. The average molecular weight is 555 g/mol. The van der Waals surface area contributed by atoms with Crippen molar-refractivity contribution in [3.05, 3.63) is 76.1 Å². The lowest BCUT2D eigenvalue weighted by atomic mass is 10.1. The SMILES string of the molecule is Cc1cc(NC(=O)NCc2ccc(Oc3ccnc(C(=O)O)c3)c(C)c2)c(OCCN2CCOCC2)cc1Cl. The Kier molecular flexibility index (Phi) is 9.59. The molecule has 3 aromatic rings. The minimum absolute atomic E-state index is 0.0986. The molecule has 0 radical (unpaired) electrons. The Hall–Kier alpha value is -3.86. The van der Waals surface area contributed by atoms with Crippen LogP contribution in [0.15, 0.2) is 48.7 Å². The number of anilines is 1. The lowest BCUT2D eigenvalue weighted by molar-refractivity contribution is 0.0323. The maximum absolute atomic E-state index is 12.7. The molecule has 0 saturated carbocycles. The van der Waals surface area contributed by atoms with Gasteiger partial charge in [-0.25, -0.2) is 14.6 Å². The normalized spacial score (nSPS) is 13.5. The van der Waals surface area contributed by atoms with Crippen molar-refractivity contribution in [3.63, 3.8) is 0 Å². The molecule has 2 heterocycles. The van der Waals surface area contributed by atoms with Gasteiger partial charge in [0.2, 0.25) is 0 Å². The molecular formula is C28H31ClN4O6. The van der Waals surface area contributed by atoms with Crippen LogP contribution in [0.4, 0.5) is 10.5 Å². The topological polar surface area (TPSA) is 122 Å². The van der Waals surface area contributed by atoms with Crippen LogP contribution < -0.4 is 20.1 Å². The van der Waals surface area contributed by atoms with Crippen LogP contribution in [0.5, 0.6) is 17.2 Å². The molecule has 0 spiro atoms. The summed E-state index contributed by atoms with van der Waals surface area (Å²) in [4.78, 5) is 29.9. The van der Waals surface area contributed by atoms with Crippen molar-refractivity contribution in [2.75, 3.05) is 44.8 Å². The zero-order valence-corrected chi connectivity index (χ0v) is 22.6. The number of pyridine rings is 1. The number of halogens is 1. The highest BCUT2D eigenvalue weighted by Crippen LogP contribution is 2.31. The van der Waals surface area contributed by atoms with E-state index in [0.29, 0.717) is 34.6 Å². The first kappa shape index (κ1) is 28.2. The number of ether oxygens (including phenoxy) is 3. The van der Waals surface area contributed by atoms with Crippen LogP contribution in [0.25, 0.3) is 0 Å². The Balaban J connectivity index is 1.33. The monoisotopic (exact) mass is 554 g/mol. The Labute approximate surface area is 231 Å². The molecule has 4 rings (SSSR count). The predicted octanol–water partition coefficient (Wildman–Crippen LogP) is 4.88. The van der Waals surface area contributed by atoms with E-state index >= 15 is 0 Å². The van der Waals surface area contributed by atoms with Gasteiger partial charge < -0.3 is 30.0 Å². The number of nitrogens with one attached hydrogen (secondary N) is 2. The average Bonchev–Trinajstić information content (AvgIpc) is 2.92. The van der Waals surface area contributed by atoms with Gasteiger partial charge in [0.1, 0.15) is 23.9 Å². The van der Waals surface area contributed by atoms with Crippen molar-refractivity contribution < 1.29 is 28.9 Å². The fourth-order valence-corrected chi connectivity index (χ4v) is 4.15. The second-order valence-electron chi connectivity index (χ2n) is 9.09. The van der Waals surface area contributed by atoms with Crippen molar-refractivity contribution in [3.8, 4) is 17.2 Å². The fraction of sp³-hybridized carbons (Fsp3) is 0.321. The number of hydrogen-bond acceptors (Lipinski definition) is 7. The number of aryl methyl sites for hydroxylation is 2. The first-order chi connectivity index (χ1) is 18.8. The van der Waals surface area contributed by atoms with Crippen LogP contribution in [0, 0.1) is 13.8 Å². The Morgan fingerprint density at radius 1 is 1.08 bits per heavy atom. The number of hydrogen-bond donors (Lipinski definition) is 3. The second kappa shape index (κ2) is 13.3. The van der Waals surface area contributed by atoms with Crippen molar-refractivity contribution in [1.82, 2.24) is 15.2 Å². The van der Waals surface area contributed by atoms with Gasteiger partial charge in [0, 0.05) is 49.5 Å². The molecule has 3 N–H and O–H groups in total. The summed E-state index contributed by atoms with van der Waals surface area (Å²) in [5, 5.41) is 15.4. The first-order valence-electron chi connectivity index (χ1n) is 12.5. The van der Waals surface area contributed by atoms with E-state index in [1.54, 1.807) is 24.3 Å². The van der Waals surface area contributed by atoms with Gasteiger partial charge in [0.25, 0.3) is 0 Å². The Morgan fingerprint density at radius 3 is 2.62 bits per heavy atom. The molecule has 1 fully saturated rings. The fourth-order valence-electron chi connectivity index (χ4n) is 3.99. The van der Waals surface area contributed by atoms with E-state index in [1.807, 2.05) is 26.0 Å². The van der Waals surface area contributed by atoms with Gasteiger partial charge in [0.05, 0.1) is 18.9 Å². The number of morpholine rings is 1. The summed E-state index contributed by atoms with van der Waals surface area (Å²) in [6.07, 6.45) is 1.38. The van der Waals surface area contributed by atoms with Gasteiger partial charge >= 0.3 is 12.0 Å². The second-order valence-corrected chi connectivity index (χ2v) is 9.50. The van der Waals surface area contributed by atoms with Crippen molar-refractivity contribution >= 4 is 29.3 Å². The van der Waals surface area contributed by atoms with Gasteiger partial charge in [-0.2, -0.15) is 0 Å². The van der Waals surface area contributed by atoms with Gasteiger partial charge in [-0.15, -0.1) is 0 Å². The highest BCUT2D eigenvalue weighted by molar-refractivity contribution is 6.31. The van der Waals surface area contributed by atoms with Crippen LogP contribution in [0.2, 0.25) is 5.02 Å². The van der Waals surface area contributed by atoms with E-state index in [4.69, 9.17) is 30.9 Å². The third-order valence-electron chi connectivity index (χ3n) is 6.15. The van der Waals surface area contributed by atoms with Crippen LogP contribution in [-0.4, -0.2) is 66.4 Å². The summed E-state index contributed by atoms with van der Waals surface area (Å²) in [7, 11) is 0. The molecule has 206 valence electrons. The minimum atomic E-state index is -1.13. The van der Waals surface area contributed by atoms with Gasteiger partial charge in [-0.3, -0.25) is 4.90 Å². The molecule has 0 atom stereocenters. The molecule has 2 amide bonds. The summed E-state index contributed by atoms with van der Waals surface area (Å²) in [5.74, 6) is 0.323. The first-order valence-corrected chi connectivity index (χ1v) is 12.9. The lowest BCUT2D eigenvalue weighted by Crippen LogP contribution is -2.38. The lowest BCUT2D eigenvalue weighted by Gasteiger charge is -2.26. The number of urea groups is 1. The number of carboxylic acids is 1. The summed E-state index contributed by atoms with van der Waals surface area (Å²) in [6, 6.07) is 11.6. The highest BCUT2D eigenvalue weighted by atomic mass is 35.5. The van der Waals surface area contributed by atoms with E-state index in [1.165, 1.54) is 12.3 Å². The largest absolute Gasteiger partial charge is 0.490 e. The molecule has 0 aliphatic carbocycles. The molecule has 0 bridgehead atoms. The zero-order chi connectivity index (χ0) is 27.8. The van der Waals surface area contributed by atoms with Crippen LogP contribution >= 0.6 is 11.6 Å². The Morgan fingerprint density at radius 2 is 1.87 bits per heavy atom. The van der Waals surface area contributed by atoms with Crippen LogP contribution in [-0.2, 0) is 11.3 Å². The van der Waals surface area contributed by atoms with E-state index in [-0.39, 0.29) is 18.3 Å². The van der Waals surface area contributed by atoms with Gasteiger partial charge in [0.15, 0.2) is 5.69 Å². The molecule has 1 saturated heterocycles. The molecule has 1 aliphatic heterocycles. The third-order valence-corrected chi connectivity index (χ3v) is 6.56. The molecule has 1 aliphatic rings. The summed E-state index contributed by atoms with van der Waals surface area (Å²) >= 11 is 6.32.